The molecular weight excluding hydrogens is 266 g/mol. The number of hydrogen-bond acceptors (Lipinski definition) is 3. The summed E-state index contributed by atoms with van der Waals surface area (Å²) in [5, 5.41) is 8.97. The predicted octanol–water partition coefficient (Wildman–Crippen LogP) is 3.42. The lowest BCUT2D eigenvalue weighted by Gasteiger charge is -2.28. The van der Waals surface area contributed by atoms with Crippen LogP contribution in [0.5, 0.6) is 5.75 Å². The summed E-state index contributed by atoms with van der Waals surface area (Å²) < 4.78 is 5.73. The molecule has 116 valence electrons. The topological polar surface area (TPSA) is 49.8 Å². The molecule has 1 heterocycles. The Balaban J connectivity index is 1.85. The first-order valence-corrected chi connectivity index (χ1v) is 7.91. The van der Waals surface area contributed by atoms with Crippen molar-refractivity contribution in [3.63, 3.8) is 0 Å². The number of benzene rings is 1. The van der Waals surface area contributed by atoms with E-state index < -0.39 is 5.97 Å². The third kappa shape index (κ3) is 4.74. The Hall–Kier alpha value is -1.55. The van der Waals surface area contributed by atoms with Crippen molar-refractivity contribution in [2.75, 3.05) is 19.7 Å². The summed E-state index contributed by atoms with van der Waals surface area (Å²) in [5.74, 6) is -0.281. The lowest BCUT2D eigenvalue weighted by atomic mass is 10.1. The molecule has 1 saturated heterocycles. The van der Waals surface area contributed by atoms with Gasteiger partial charge in [0, 0.05) is 12.6 Å². The molecule has 0 amide bonds. The Bertz CT molecular complexity index is 461. The Morgan fingerprint density at radius 3 is 3.00 bits per heavy atom. The summed E-state index contributed by atoms with van der Waals surface area (Å²) >= 11 is 0. The van der Waals surface area contributed by atoms with Crippen LogP contribution in [0.4, 0.5) is 0 Å². The molecule has 1 fully saturated rings. The highest BCUT2D eigenvalue weighted by molar-refractivity contribution is 5.87. The van der Waals surface area contributed by atoms with Gasteiger partial charge in [-0.15, -0.1) is 0 Å². The maximum atomic E-state index is 10.9. The van der Waals surface area contributed by atoms with Gasteiger partial charge >= 0.3 is 5.97 Å². The van der Waals surface area contributed by atoms with E-state index >= 15 is 0 Å². The van der Waals surface area contributed by atoms with E-state index in [4.69, 9.17) is 9.84 Å². The fourth-order valence-corrected chi connectivity index (χ4v) is 2.99. The van der Waals surface area contributed by atoms with Crippen LogP contribution in [-0.4, -0.2) is 41.7 Å². The number of carboxylic acid groups (broad SMARTS) is 1. The van der Waals surface area contributed by atoms with E-state index in [0.717, 1.165) is 13.1 Å². The smallest absolute Gasteiger partial charge is 0.335 e. The van der Waals surface area contributed by atoms with Crippen LogP contribution in [0.3, 0.4) is 0 Å². The highest BCUT2D eigenvalue weighted by atomic mass is 16.5. The van der Waals surface area contributed by atoms with Crippen LogP contribution in [0.15, 0.2) is 24.3 Å². The molecule has 0 radical (unpaired) electrons. The number of ether oxygens (including phenoxy) is 1. The fourth-order valence-electron chi connectivity index (χ4n) is 2.99. The number of hydrogen-bond donors (Lipinski definition) is 1. The van der Waals surface area contributed by atoms with Crippen molar-refractivity contribution < 1.29 is 14.6 Å². The van der Waals surface area contributed by atoms with Gasteiger partial charge in [0.05, 0.1) is 5.56 Å². The van der Waals surface area contributed by atoms with Gasteiger partial charge in [0.1, 0.15) is 12.4 Å². The van der Waals surface area contributed by atoms with Crippen LogP contribution in [0.25, 0.3) is 0 Å². The van der Waals surface area contributed by atoms with E-state index in [9.17, 15) is 4.79 Å². The van der Waals surface area contributed by atoms with Crippen molar-refractivity contribution in [1.82, 2.24) is 4.90 Å². The minimum Gasteiger partial charge on any atom is -0.492 e. The second-order valence-corrected chi connectivity index (χ2v) is 5.63. The van der Waals surface area contributed by atoms with Gasteiger partial charge in [0.2, 0.25) is 0 Å². The van der Waals surface area contributed by atoms with Crippen molar-refractivity contribution in [3.8, 4) is 5.75 Å². The average Bonchev–Trinajstić information content (AvgIpc) is 2.72. The molecule has 1 atom stereocenters. The molecule has 2 rings (SSSR count). The molecule has 1 N–H and O–H groups in total. The molecule has 1 aromatic carbocycles. The maximum absolute atomic E-state index is 10.9. The van der Waals surface area contributed by atoms with E-state index in [0.29, 0.717) is 18.4 Å². The van der Waals surface area contributed by atoms with E-state index in [-0.39, 0.29) is 5.56 Å². The number of rotatable bonds is 6. The SMILES string of the molecule is CCC1CCCCCN1CCOc1cccc(C(=O)O)c1. The van der Waals surface area contributed by atoms with Crippen LogP contribution in [-0.2, 0) is 0 Å². The molecule has 0 saturated carbocycles. The van der Waals surface area contributed by atoms with Crippen molar-refractivity contribution in [3.05, 3.63) is 29.8 Å². The maximum Gasteiger partial charge on any atom is 0.335 e. The largest absolute Gasteiger partial charge is 0.492 e. The van der Waals surface area contributed by atoms with Gasteiger partial charge in [-0.2, -0.15) is 0 Å². The lowest BCUT2D eigenvalue weighted by molar-refractivity contribution is 0.0696. The van der Waals surface area contributed by atoms with Crippen LogP contribution >= 0.6 is 0 Å². The molecule has 1 unspecified atom stereocenters. The number of carbonyl (C=O) groups is 1. The standard InChI is InChI=1S/C17H25NO3/c1-2-15-8-4-3-5-10-18(15)11-12-21-16-9-6-7-14(13-16)17(19)20/h6-7,9,13,15H,2-5,8,10-12H2,1H3,(H,19,20). The van der Waals surface area contributed by atoms with Gasteiger partial charge in [0.25, 0.3) is 0 Å². The molecular formula is C17H25NO3. The molecule has 0 spiro atoms. The first-order valence-electron chi connectivity index (χ1n) is 7.91. The van der Waals surface area contributed by atoms with E-state index in [1.807, 2.05) is 6.07 Å². The van der Waals surface area contributed by atoms with Gasteiger partial charge in [-0.25, -0.2) is 4.79 Å². The summed E-state index contributed by atoms with van der Waals surface area (Å²) in [4.78, 5) is 13.5. The van der Waals surface area contributed by atoms with E-state index in [1.54, 1.807) is 18.2 Å². The summed E-state index contributed by atoms with van der Waals surface area (Å²) in [5.41, 5.74) is 0.272. The van der Waals surface area contributed by atoms with Crippen LogP contribution < -0.4 is 4.74 Å². The second kappa shape index (κ2) is 8.03. The summed E-state index contributed by atoms with van der Waals surface area (Å²) in [6.45, 7) is 4.92. The van der Waals surface area contributed by atoms with Crippen molar-refractivity contribution in [1.29, 1.82) is 0 Å². The third-order valence-electron chi connectivity index (χ3n) is 4.20. The van der Waals surface area contributed by atoms with Gasteiger partial charge in [-0.05, 0) is 44.0 Å². The van der Waals surface area contributed by atoms with Gasteiger partial charge in [0.15, 0.2) is 0 Å². The van der Waals surface area contributed by atoms with E-state index in [1.165, 1.54) is 32.1 Å². The molecule has 0 bridgehead atoms. The zero-order valence-electron chi connectivity index (χ0n) is 12.8. The molecule has 1 aliphatic heterocycles. The normalized spacial score (nSPS) is 20.0. The van der Waals surface area contributed by atoms with Crippen LogP contribution in [0, 0.1) is 0 Å². The summed E-state index contributed by atoms with van der Waals surface area (Å²) in [7, 11) is 0. The Morgan fingerprint density at radius 1 is 1.38 bits per heavy atom. The Morgan fingerprint density at radius 2 is 2.24 bits per heavy atom. The molecule has 1 aliphatic rings. The zero-order chi connectivity index (χ0) is 15.1. The number of carboxylic acids is 1. The van der Waals surface area contributed by atoms with Gasteiger partial charge in [-0.1, -0.05) is 25.8 Å². The number of aromatic carboxylic acids is 1. The third-order valence-corrected chi connectivity index (χ3v) is 4.20. The fraction of sp³-hybridized carbons (Fsp3) is 0.588. The van der Waals surface area contributed by atoms with Crippen molar-refractivity contribution in [2.24, 2.45) is 0 Å². The quantitative estimate of drug-likeness (QED) is 0.872. The predicted molar refractivity (Wildman–Crippen MR) is 83.0 cm³/mol. The first-order chi connectivity index (χ1) is 10.2. The average molecular weight is 291 g/mol. The number of nitrogens with zero attached hydrogens (tertiary/aromatic N) is 1. The van der Waals surface area contributed by atoms with Crippen molar-refractivity contribution in [2.45, 2.75) is 45.1 Å². The zero-order valence-corrected chi connectivity index (χ0v) is 12.8. The highest BCUT2D eigenvalue weighted by Gasteiger charge is 2.18. The van der Waals surface area contributed by atoms with E-state index in [2.05, 4.69) is 11.8 Å². The Labute approximate surface area is 126 Å². The molecule has 0 aromatic heterocycles. The first kappa shape index (κ1) is 15.8. The molecule has 4 heteroatoms. The minimum atomic E-state index is -0.918. The Kier molecular flexibility index (Phi) is 6.05. The second-order valence-electron chi connectivity index (χ2n) is 5.63. The van der Waals surface area contributed by atoms with Gasteiger partial charge < -0.3 is 9.84 Å². The van der Waals surface area contributed by atoms with Crippen LogP contribution in [0.1, 0.15) is 49.4 Å². The van der Waals surface area contributed by atoms with Gasteiger partial charge in [-0.3, -0.25) is 4.90 Å². The molecule has 4 nitrogen and oxygen atoms in total. The van der Waals surface area contributed by atoms with Crippen molar-refractivity contribution >= 4 is 5.97 Å². The number of likely N-dealkylation sites (tertiary alicyclic amines) is 1. The molecule has 1 aromatic rings. The summed E-state index contributed by atoms with van der Waals surface area (Å²) in [6.07, 6.45) is 6.40. The molecule has 21 heavy (non-hydrogen) atoms. The minimum absolute atomic E-state index is 0.272. The van der Waals surface area contributed by atoms with Crippen LogP contribution in [0.2, 0.25) is 0 Å². The monoisotopic (exact) mass is 291 g/mol. The highest BCUT2D eigenvalue weighted by Crippen LogP contribution is 2.19. The molecule has 0 aliphatic carbocycles. The lowest BCUT2D eigenvalue weighted by Crippen LogP contribution is -2.37. The summed E-state index contributed by atoms with van der Waals surface area (Å²) in [6, 6.07) is 7.37.